The molecule has 0 radical (unpaired) electrons. The summed E-state index contributed by atoms with van der Waals surface area (Å²) in [4.78, 5) is 17.6. The lowest BCUT2D eigenvalue weighted by molar-refractivity contribution is -0.231. The summed E-state index contributed by atoms with van der Waals surface area (Å²) in [5.74, 6) is -0.549. The van der Waals surface area contributed by atoms with Crippen LogP contribution in [0.3, 0.4) is 0 Å². The molecule has 0 aromatic heterocycles. The first kappa shape index (κ1) is 6.76. The van der Waals surface area contributed by atoms with Gasteiger partial charge in [0.1, 0.15) is 0 Å². The van der Waals surface area contributed by atoms with Crippen LogP contribution in [0.15, 0.2) is 0 Å². The lowest BCUT2D eigenvalue weighted by atomic mass is 10.5. The third-order valence-corrected chi connectivity index (χ3v) is 0.461. The lowest BCUT2D eigenvalue weighted by Gasteiger charge is -1.89. The third-order valence-electron chi connectivity index (χ3n) is 0.461. The summed E-state index contributed by atoms with van der Waals surface area (Å²) in [6.07, 6.45) is 1.40. The Morgan fingerprint density at radius 3 is 2.88 bits per heavy atom. The molecule has 0 spiro atoms. The minimum Gasteiger partial charge on any atom is -0.247 e. The van der Waals surface area contributed by atoms with Gasteiger partial charge in [0.25, 0.3) is 0 Å². The second kappa shape index (κ2) is 3.93. The summed E-state index contributed by atoms with van der Waals surface area (Å²) in [5.41, 5.74) is 0. The van der Waals surface area contributed by atoms with Gasteiger partial charge in [-0.25, -0.2) is 14.6 Å². The van der Waals surface area contributed by atoms with E-state index in [-0.39, 0.29) is 6.42 Å². The van der Waals surface area contributed by atoms with E-state index in [2.05, 4.69) is 9.78 Å². The Balaban J connectivity index is 3.15. The molecule has 0 aromatic carbocycles. The van der Waals surface area contributed by atoms with Crippen molar-refractivity contribution in [2.45, 2.75) is 13.3 Å². The predicted octanol–water partition coefficient (Wildman–Crippen LogP) is 0.352. The number of carbonyl (C=O) groups is 1. The summed E-state index contributed by atoms with van der Waals surface area (Å²) < 4.78 is 0. The molecular weight excluding hydrogens is 110 g/mol. The van der Waals surface area contributed by atoms with E-state index >= 15 is 0 Å². The van der Waals surface area contributed by atoms with Crippen molar-refractivity contribution in [3.63, 3.8) is 0 Å². The molecule has 0 heterocycles. The van der Waals surface area contributed by atoms with Crippen LogP contribution >= 0.6 is 0 Å². The molecule has 0 aliphatic rings. The van der Waals surface area contributed by atoms with Crippen LogP contribution < -0.4 is 0 Å². The van der Waals surface area contributed by atoms with Crippen LogP contribution in [-0.4, -0.2) is 5.97 Å². The molecule has 0 bridgehead atoms. The van der Waals surface area contributed by atoms with Crippen molar-refractivity contribution in [1.29, 1.82) is 5.26 Å². The van der Waals surface area contributed by atoms with Gasteiger partial charge in [0, 0.05) is 6.42 Å². The summed E-state index contributed by atoms with van der Waals surface area (Å²) in [7, 11) is 0. The zero-order valence-corrected chi connectivity index (χ0v) is 4.38. The van der Waals surface area contributed by atoms with Crippen LogP contribution in [-0.2, 0) is 14.6 Å². The van der Waals surface area contributed by atoms with Crippen molar-refractivity contribution in [3.8, 4) is 6.26 Å². The first-order valence-corrected chi connectivity index (χ1v) is 2.06. The Morgan fingerprint density at radius 1 is 1.88 bits per heavy atom. The van der Waals surface area contributed by atoms with E-state index in [0.29, 0.717) is 0 Å². The molecule has 8 heavy (non-hydrogen) atoms. The Hall–Kier alpha value is -1.24. The standard InChI is InChI=1S/C4H5NO3/c1-2-4(6)8-7-3-5/h2H2,1H3. The van der Waals surface area contributed by atoms with Gasteiger partial charge in [-0.2, -0.15) is 0 Å². The summed E-state index contributed by atoms with van der Waals surface area (Å²) in [6, 6.07) is 0. The Labute approximate surface area is 46.5 Å². The summed E-state index contributed by atoms with van der Waals surface area (Å²) in [6.45, 7) is 1.60. The van der Waals surface area contributed by atoms with Crippen molar-refractivity contribution >= 4 is 5.97 Å². The molecule has 0 saturated carbocycles. The highest BCUT2D eigenvalue weighted by Gasteiger charge is 1.96. The maximum absolute atomic E-state index is 10.1. The second-order valence-electron chi connectivity index (χ2n) is 0.984. The minimum atomic E-state index is -0.549. The van der Waals surface area contributed by atoms with Crippen molar-refractivity contribution < 1.29 is 14.6 Å². The normalized spacial score (nSPS) is 7.00. The van der Waals surface area contributed by atoms with E-state index in [1.54, 1.807) is 6.92 Å². The van der Waals surface area contributed by atoms with Crippen molar-refractivity contribution in [3.05, 3.63) is 0 Å². The number of nitriles is 1. The average molecular weight is 115 g/mol. The number of rotatable bonds is 2. The minimum absolute atomic E-state index is 0.210. The smallest absolute Gasteiger partial charge is 0.247 e. The van der Waals surface area contributed by atoms with Gasteiger partial charge in [-0.1, -0.05) is 6.92 Å². The molecule has 0 atom stereocenters. The molecule has 0 saturated heterocycles. The number of hydrogen-bond donors (Lipinski definition) is 0. The van der Waals surface area contributed by atoms with Crippen LogP contribution in [0.2, 0.25) is 0 Å². The molecule has 44 valence electrons. The molecule has 0 aliphatic carbocycles. The highest BCUT2D eigenvalue weighted by atomic mass is 17.2. The fourth-order valence-corrected chi connectivity index (χ4v) is 0.124. The molecule has 0 amide bonds. The van der Waals surface area contributed by atoms with E-state index in [4.69, 9.17) is 5.26 Å². The maximum atomic E-state index is 10.1. The van der Waals surface area contributed by atoms with Crippen molar-refractivity contribution in [2.75, 3.05) is 0 Å². The molecule has 0 aliphatic heterocycles. The van der Waals surface area contributed by atoms with Crippen LogP contribution in [0, 0.1) is 11.5 Å². The van der Waals surface area contributed by atoms with Crippen LogP contribution in [0.4, 0.5) is 0 Å². The van der Waals surface area contributed by atoms with Gasteiger partial charge in [-0.15, -0.1) is 5.26 Å². The lowest BCUT2D eigenvalue weighted by Crippen LogP contribution is -1.99. The number of carbonyl (C=O) groups excluding carboxylic acids is 1. The summed E-state index contributed by atoms with van der Waals surface area (Å²) >= 11 is 0. The van der Waals surface area contributed by atoms with E-state index in [1.807, 2.05) is 0 Å². The van der Waals surface area contributed by atoms with Crippen LogP contribution in [0.5, 0.6) is 0 Å². The fraction of sp³-hybridized carbons (Fsp3) is 0.500. The van der Waals surface area contributed by atoms with Gasteiger partial charge in [-0.05, 0) is 0 Å². The number of nitrogens with zero attached hydrogens (tertiary/aromatic N) is 1. The van der Waals surface area contributed by atoms with Gasteiger partial charge in [0.05, 0.1) is 0 Å². The zero-order chi connectivity index (χ0) is 6.41. The SMILES string of the molecule is CCC(=O)OOC#N. The van der Waals surface area contributed by atoms with Crippen LogP contribution in [0.1, 0.15) is 13.3 Å². The molecule has 4 heteroatoms. The van der Waals surface area contributed by atoms with Crippen molar-refractivity contribution in [2.24, 2.45) is 0 Å². The van der Waals surface area contributed by atoms with Gasteiger partial charge in [0.15, 0.2) is 0 Å². The maximum Gasteiger partial charge on any atom is 0.356 e. The van der Waals surface area contributed by atoms with Gasteiger partial charge in [-0.3, -0.25) is 0 Å². The predicted molar refractivity (Wildman–Crippen MR) is 23.1 cm³/mol. The van der Waals surface area contributed by atoms with E-state index in [1.165, 1.54) is 6.26 Å². The van der Waals surface area contributed by atoms with E-state index in [0.717, 1.165) is 0 Å². The molecule has 4 nitrogen and oxygen atoms in total. The molecule has 0 aromatic rings. The van der Waals surface area contributed by atoms with E-state index < -0.39 is 5.97 Å². The first-order valence-electron chi connectivity index (χ1n) is 2.06. The third kappa shape index (κ3) is 2.97. The zero-order valence-electron chi connectivity index (χ0n) is 4.38. The summed E-state index contributed by atoms with van der Waals surface area (Å²) in [5, 5.41) is 7.66. The Kier molecular flexibility index (Phi) is 3.32. The van der Waals surface area contributed by atoms with Gasteiger partial charge < -0.3 is 0 Å². The first-order chi connectivity index (χ1) is 3.81. The molecule has 0 unspecified atom stereocenters. The second-order valence-corrected chi connectivity index (χ2v) is 0.984. The largest absolute Gasteiger partial charge is 0.356 e. The molecule has 0 rings (SSSR count). The van der Waals surface area contributed by atoms with Crippen LogP contribution in [0.25, 0.3) is 0 Å². The highest BCUT2D eigenvalue weighted by molar-refractivity contribution is 5.68. The fourth-order valence-electron chi connectivity index (χ4n) is 0.124. The number of hydrogen-bond acceptors (Lipinski definition) is 4. The molecule has 0 fully saturated rings. The average Bonchev–Trinajstić information content (AvgIpc) is 1.83. The van der Waals surface area contributed by atoms with Gasteiger partial charge in [0.2, 0.25) is 0 Å². The molecular formula is C4H5NO3. The quantitative estimate of drug-likeness (QED) is 0.296. The highest BCUT2D eigenvalue weighted by Crippen LogP contribution is 1.82. The van der Waals surface area contributed by atoms with Gasteiger partial charge >= 0.3 is 12.2 Å². The Morgan fingerprint density at radius 2 is 2.50 bits per heavy atom. The topological polar surface area (TPSA) is 59.3 Å². The molecule has 0 N–H and O–H groups in total. The van der Waals surface area contributed by atoms with Crippen molar-refractivity contribution in [1.82, 2.24) is 0 Å². The monoisotopic (exact) mass is 115 g/mol. The Bertz CT molecular complexity index is 115. The van der Waals surface area contributed by atoms with E-state index in [9.17, 15) is 4.79 Å².